The lowest BCUT2D eigenvalue weighted by Gasteiger charge is -2.43. The van der Waals surface area contributed by atoms with E-state index in [1.54, 1.807) is 6.92 Å². The van der Waals surface area contributed by atoms with E-state index in [0.29, 0.717) is 11.9 Å². The Balaban J connectivity index is 2.32. The topological polar surface area (TPSA) is 26.3 Å². The maximum Gasteiger partial charge on any atom is 0.135 e. The van der Waals surface area contributed by atoms with Crippen molar-refractivity contribution in [2.75, 3.05) is 0 Å². The van der Waals surface area contributed by atoms with Gasteiger partial charge in [-0.3, -0.25) is 4.79 Å². The number of hydrogen-bond donors (Lipinski definition) is 0. The molecule has 1 rings (SSSR count). The van der Waals surface area contributed by atoms with Gasteiger partial charge in [-0.05, 0) is 33.6 Å². The second kappa shape index (κ2) is 3.17. The fraction of sp³-hybridized carbons (Fsp3) is 0.900. The predicted octanol–water partition coefficient (Wildman–Crippen LogP) is 2.17. The number of carbonyl (C=O) groups is 1. The normalized spacial score (nSPS) is 34.9. The number of Topliss-reactive ketones (excluding diaryl/α,β-unsaturated/α-hetero) is 1. The molecule has 0 bridgehead atoms. The molecule has 1 aliphatic carbocycles. The molecule has 0 aromatic carbocycles. The van der Waals surface area contributed by atoms with Crippen LogP contribution in [0, 0.1) is 5.41 Å². The summed E-state index contributed by atoms with van der Waals surface area (Å²) in [6, 6.07) is 0. The fourth-order valence-electron chi connectivity index (χ4n) is 1.71. The lowest BCUT2D eigenvalue weighted by Crippen LogP contribution is -2.45. The summed E-state index contributed by atoms with van der Waals surface area (Å²) >= 11 is 0. The molecule has 0 unspecified atom stereocenters. The highest BCUT2D eigenvalue weighted by Crippen LogP contribution is 2.43. The van der Waals surface area contributed by atoms with Crippen LogP contribution in [0.15, 0.2) is 0 Å². The van der Waals surface area contributed by atoms with E-state index in [4.69, 9.17) is 4.74 Å². The summed E-state index contributed by atoms with van der Waals surface area (Å²) in [6.07, 6.45) is 2.41. The van der Waals surface area contributed by atoms with E-state index < -0.39 is 0 Å². The monoisotopic (exact) mass is 170 g/mol. The van der Waals surface area contributed by atoms with Gasteiger partial charge in [0.15, 0.2) is 0 Å². The standard InChI is InChI=1S/C10H18O2/c1-7(2)12-9-5-10(4,6-9)8(3)11/h7,9H,5-6H2,1-4H3. The van der Waals surface area contributed by atoms with Crippen LogP contribution in [-0.4, -0.2) is 18.0 Å². The zero-order chi connectivity index (χ0) is 9.35. The van der Waals surface area contributed by atoms with Crippen molar-refractivity contribution in [1.29, 1.82) is 0 Å². The molecule has 12 heavy (non-hydrogen) atoms. The average molecular weight is 170 g/mol. The molecule has 0 radical (unpaired) electrons. The highest BCUT2D eigenvalue weighted by Gasteiger charge is 2.44. The largest absolute Gasteiger partial charge is 0.375 e. The first-order valence-corrected chi connectivity index (χ1v) is 4.60. The van der Waals surface area contributed by atoms with Gasteiger partial charge in [-0.2, -0.15) is 0 Å². The first-order valence-electron chi connectivity index (χ1n) is 4.60. The number of hydrogen-bond acceptors (Lipinski definition) is 2. The zero-order valence-corrected chi connectivity index (χ0v) is 8.39. The molecule has 0 spiro atoms. The van der Waals surface area contributed by atoms with Gasteiger partial charge in [-0.15, -0.1) is 0 Å². The predicted molar refractivity (Wildman–Crippen MR) is 48.0 cm³/mol. The second-order valence-electron chi connectivity index (χ2n) is 4.33. The molecule has 0 aromatic heterocycles. The van der Waals surface area contributed by atoms with Crippen molar-refractivity contribution in [1.82, 2.24) is 0 Å². The summed E-state index contributed by atoms with van der Waals surface area (Å²) in [5.41, 5.74) is -0.0838. The quantitative estimate of drug-likeness (QED) is 0.649. The molecule has 2 heteroatoms. The van der Waals surface area contributed by atoms with Crippen molar-refractivity contribution >= 4 is 5.78 Å². The van der Waals surface area contributed by atoms with E-state index in [0.717, 1.165) is 12.8 Å². The number of ether oxygens (including phenoxy) is 1. The lowest BCUT2D eigenvalue weighted by molar-refractivity contribution is -0.146. The smallest absolute Gasteiger partial charge is 0.135 e. The van der Waals surface area contributed by atoms with Crippen molar-refractivity contribution in [2.45, 2.75) is 52.7 Å². The van der Waals surface area contributed by atoms with Crippen LogP contribution in [0.3, 0.4) is 0 Å². The summed E-state index contributed by atoms with van der Waals surface area (Å²) in [4.78, 5) is 11.1. The number of carbonyl (C=O) groups excluding carboxylic acids is 1. The summed E-state index contributed by atoms with van der Waals surface area (Å²) in [5, 5.41) is 0. The van der Waals surface area contributed by atoms with Gasteiger partial charge in [0.05, 0.1) is 12.2 Å². The van der Waals surface area contributed by atoms with Gasteiger partial charge >= 0.3 is 0 Å². The van der Waals surface area contributed by atoms with Crippen LogP contribution in [0.5, 0.6) is 0 Å². The Labute approximate surface area is 74.3 Å². The van der Waals surface area contributed by atoms with E-state index in [1.165, 1.54) is 0 Å². The van der Waals surface area contributed by atoms with E-state index in [9.17, 15) is 4.79 Å². The summed E-state index contributed by atoms with van der Waals surface area (Å²) in [5.74, 6) is 0.297. The van der Waals surface area contributed by atoms with Gasteiger partial charge in [-0.25, -0.2) is 0 Å². The second-order valence-corrected chi connectivity index (χ2v) is 4.33. The highest BCUT2D eigenvalue weighted by atomic mass is 16.5. The molecule has 0 aliphatic heterocycles. The van der Waals surface area contributed by atoms with Gasteiger partial charge in [0.1, 0.15) is 5.78 Å². The van der Waals surface area contributed by atoms with Crippen LogP contribution < -0.4 is 0 Å². The van der Waals surface area contributed by atoms with E-state index in [-0.39, 0.29) is 11.5 Å². The van der Waals surface area contributed by atoms with Crippen molar-refractivity contribution in [3.8, 4) is 0 Å². The van der Waals surface area contributed by atoms with Gasteiger partial charge < -0.3 is 4.74 Å². The third-order valence-corrected chi connectivity index (χ3v) is 2.67. The molecule has 70 valence electrons. The minimum Gasteiger partial charge on any atom is -0.375 e. The first kappa shape index (κ1) is 9.72. The molecule has 0 N–H and O–H groups in total. The van der Waals surface area contributed by atoms with Crippen molar-refractivity contribution in [3.05, 3.63) is 0 Å². The minimum atomic E-state index is -0.0838. The van der Waals surface area contributed by atoms with Crippen LogP contribution >= 0.6 is 0 Å². The molecule has 0 saturated heterocycles. The van der Waals surface area contributed by atoms with Gasteiger partial charge in [0.25, 0.3) is 0 Å². The molecular formula is C10H18O2. The van der Waals surface area contributed by atoms with Gasteiger partial charge in [0, 0.05) is 5.41 Å². The van der Waals surface area contributed by atoms with Crippen LogP contribution in [0.2, 0.25) is 0 Å². The molecule has 1 fully saturated rings. The molecule has 0 aromatic rings. The zero-order valence-electron chi connectivity index (χ0n) is 8.39. The third kappa shape index (κ3) is 1.86. The molecule has 2 nitrogen and oxygen atoms in total. The Morgan fingerprint density at radius 3 is 2.33 bits per heavy atom. The summed E-state index contributed by atoms with van der Waals surface area (Å²) in [7, 11) is 0. The molecule has 1 saturated carbocycles. The Morgan fingerprint density at radius 2 is 2.00 bits per heavy atom. The first-order chi connectivity index (χ1) is 5.44. The van der Waals surface area contributed by atoms with Gasteiger partial charge in [-0.1, -0.05) is 6.92 Å². The highest BCUT2D eigenvalue weighted by molar-refractivity contribution is 5.83. The Morgan fingerprint density at radius 1 is 1.50 bits per heavy atom. The van der Waals surface area contributed by atoms with E-state index in [1.807, 2.05) is 20.8 Å². The maximum atomic E-state index is 11.1. The van der Waals surface area contributed by atoms with Crippen LogP contribution in [0.4, 0.5) is 0 Å². The third-order valence-electron chi connectivity index (χ3n) is 2.67. The number of ketones is 1. The van der Waals surface area contributed by atoms with Crippen molar-refractivity contribution < 1.29 is 9.53 Å². The minimum absolute atomic E-state index is 0.0838. The van der Waals surface area contributed by atoms with Crippen molar-refractivity contribution in [3.63, 3.8) is 0 Å². The van der Waals surface area contributed by atoms with E-state index >= 15 is 0 Å². The molecular weight excluding hydrogens is 152 g/mol. The molecule has 0 heterocycles. The summed E-state index contributed by atoms with van der Waals surface area (Å²) in [6.45, 7) is 7.76. The molecule has 0 amide bonds. The van der Waals surface area contributed by atoms with Crippen LogP contribution in [0.25, 0.3) is 0 Å². The lowest BCUT2D eigenvalue weighted by atomic mass is 9.66. The average Bonchev–Trinajstić information content (AvgIpc) is 1.82. The fourth-order valence-corrected chi connectivity index (χ4v) is 1.71. The van der Waals surface area contributed by atoms with Crippen LogP contribution in [0.1, 0.15) is 40.5 Å². The SMILES string of the molecule is CC(=O)C1(C)CC(OC(C)C)C1. The van der Waals surface area contributed by atoms with E-state index in [2.05, 4.69) is 0 Å². The summed E-state index contributed by atoms with van der Waals surface area (Å²) < 4.78 is 5.58. The number of rotatable bonds is 3. The van der Waals surface area contributed by atoms with Crippen molar-refractivity contribution in [2.24, 2.45) is 5.41 Å². The molecule has 1 aliphatic rings. The Kier molecular flexibility index (Phi) is 2.57. The van der Waals surface area contributed by atoms with Crippen LogP contribution in [-0.2, 0) is 9.53 Å². The molecule has 0 atom stereocenters. The van der Waals surface area contributed by atoms with Gasteiger partial charge in [0.2, 0.25) is 0 Å². The Hall–Kier alpha value is -0.370. The Bertz CT molecular complexity index is 178. The maximum absolute atomic E-state index is 11.1.